The van der Waals surface area contributed by atoms with Gasteiger partial charge in [0.05, 0.1) is 46.8 Å². The standard InChI is InChI=1S/C16H30N2O8P2/c1-7-23-27(19,24-8-2)16(28(20,25-9-3)26-10-4)18-15-14(22-6)11-13(21-5)12-17-15/h11-12,16H,7-10H2,1-6H3,(H,17,18). The van der Waals surface area contributed by atoms with Crippen molar-refractivity contribution in [1.82, 2.24) is 4.98 Å². The topological polar surface area (TPSA) is 114 Å². The van der Waals surface area contributed by atoms with Gasteiger partial charge in [-0.25, -0.2) is 4.98 Å². The summed E-state index contributed by atoms with van der Waals surface area (Å²) in [6.07, 6.45) is 1.43. The quantitative estimate of drug-likeness (QED) is 0.419. The SMILES string of the molecule is CCOP(=O)(OCC)C(Nc1ncc(OC)cc1OC)P(=O)(OCC)OCC. The molecule has 0 aliphatic carbocycles. The number of anilines is 1. The molecular formula is C16H30N2O8P2. The first-order valence-electron chi connectivity index (χ1n) is 8.96. The smallest absolute Gasteiger partial charge is 0.365 e. The molecule has 0 aliphatic heterocycles. The Morgan fingerprint density at radius 2 is 1.36 bits per heavy atom. The number of aromatic nitrogens is 1. The van der Waals surface area contributed by atoms with Gasteiger partial charge in [0, 0.05) is 6.07 Å². The van der Waals surface area contributed by atoms with Gasteiger partial charge >= 0.3 is 15.2 Å². The summed E-state index contributed by atoms with van der Waals surface area (Å²) < 4.78 is 59.1. The summed E-state index contributed by atoms with van der Waals surface area (Å²) in [5.74, 6) is 0.894. The van der Waals surface area contributed by atoms with Crippen LogP contribution in [-0.2, 0) is 27.2 Å². The lowest BCUT2D eigenvalue weighted by Gasteiger charge is -2.32. The van der Waals surface area contributed by atoms with Gasteiger partial charge in [0.15, 0.2) is 11.6 Å². The molecule has 0 fully saturated rings. The summed E-state index contributed by atoms with van der Waals surface area (Å²) in [4.78, 5) is 4.20. The molecule has 12 heteroatoms. The van der Waals surface area contributed by atoms with Crippen LogP contribution < -0.4 is 14.8 Å². The third kappa shape index (κ3) is 6.17. The number of nitrogens with zero attached hydrogens (tertiary/aromatic N) is 1. The highest BCUT2D eigenvalue weighted by atomic mass is 31.2. The maximum atomic E-state index is 13.5. The summed E-state index contributed by atoms with van der Waals surface area (Å²) in [6.45, 7) is 6.90. The zero-order valence-electron chi connectivity index (χ0n) is 17.2. The molecule has 0 spiro atoms. The average Bonchev–Trinajstić information content (AvgIpc) is 2.66. The van der Waals surface area contributed by atoms with Crippen LogP contribution in [0.3, 0.4) is 0 Å². The second-order valence-electron chi connectivity index (χ2n) is 5.19. The second-order valence-corrected chi connectivity index (χ2v) is 9.83. The van der Waals surface area contributed by atoms with Gasteiger partial charge in [-0.3, -0.25) is 9.13 Å². The molecular weight excluding hydrogens is 410 g/mol. The Balaban J connectivity index is 3.50. The number of hydrogen-bond acceptors (Lipinski definition) is 10. The van der Waals surface area contributed by atoms with Crippen LogP contribution in [0.4, 0.5) is 5.82 Å². The summed E-state index contributed by atoms with van der Waals surface area (Å²) >= 11 is 0. The normalized spacial score (nSPS) is 12.2. The molecule has 162 valence electrons. The van der Waals surface area contributed by atoms with Gasteiger partial charge in [-0.2, -0.15) is 0 Å². The second kappa shape index (κ2) is 11.8. The van der Waals surface area contributed by atoms with Crippen LogP contribution in [0.1, 0.15) is 27.7 Å². The number of pyridine rings is 1. The molecule has 1 rings (SSSR count). The number of ether oxygens (including phenoxy) is 2. The zero-order valence-corrected chi connectivity index (χ0v) is 19.0. The number of rotatable bonds is 14. The van der Waals surface area contributed by atoms with Gasteiger partial charge in [-0.15, -0.1) is 0 Å². The number of nitrogens with one attached hydrogen (secondary N) is 1. The molecule has 0 saturated carbocycles. The van der Waals surface area contributed by atoms with Crippen LogP contribution in [0, 0.1) is 0 Å². The van der Waals surface area contributed by atoms with E-state index < -0.39 is 20.7 Å². The molecule has 1 aromatic heterocycles. The molecule has 10 nitrogen and oxygen atoms in total. The van der Waals surface area contributed by atoms with Crippen LogP contribution >= 0.6 is 15.2 Å². The lowest BCUT2D eigenvalue weighted by Crippen LogP contribution is -2.26. The lowest BCUT2D eigenvalue weighted by atomic mass is 10.4. The van der Waals surface area contributed by atoms with E-state index in [9.17, 15) is 9.13 Å². The van der Waals surface area contributed by atoms with Gasteiger partial charge in [0.2, 0.25) is 5.52 Å². The zero-order chi connectivity index (χ0) is 21.2. The molecule has 0 aromatic carbocycles. The fourth-order valence-electron chi connectivity index (χ4n) is 2.33. The van der Waals surface area contributed by atoms with Gasteiger partial charge in [0.1, 0.15) is 5.75 Å². The van der Waals surface area contributed by atoms with Crippen molar-refractivity contribution in [2.75, 3.05) is 46.0 Å². The van der Waals surface area contributed by atoms with Crippen molar-refractivity contribution in [2.24, 2.45) is 0 Å². The molecule has 0 bridgehead atoms. The highest BCUT2D eigenvalue weighted by Gasteiger charge is 2.51. The van der Waals surface area contributed by atoms with Gasteiger partial charge < -0.3 is 32.9 Å². The summed E-state index contributed by atoms with van der Waals surface area (Å²) in [5.41, 5.74) is -1.45. The Morgan fingerprint density at radius 1 is 0.893 bits per heavy atom. The predicted octanol–water partition coefficient (Wildman–Crippen LogP) is 4.33. The molecule has 0 aliphatic rings. The highest BCUT2D eigenvalue weighted by molar-refractivity contribution is 7.72. The van der Waals surface area contributed by atoms with E-state index in [4.69, 9.17) is 27.6 Å². The van der Waals surface area contributed by atoms with Crippen molar-refractivity contribution >= 4 is 21.0 Å². The fourth-order valence-corrected chi connectivity index (χ4v) is 7.23. The average molecular weight is 440 g/mol. The van der Waals surface area contributed by atoms with E-state index >= 15 is 0 Å². The Kier molecular flexibility index (Phi) is 10.4. The molecule has 0 atom stereocenters. The minimum absolute atomic E-state index is 0.0703. The van der Waals surface area contributed by atoms with Crippen molar-refractivity contribution in [2.45, 2.75) is 33.2 Å². The number of methoxy groups -OCH3 is 2. The molecule has 1 N–H and O–H groups in total. The largest absolute Gasteiger partial charge is 0.495 e. The first-order chi connectivity index (χ1) is 13.3. The fraction of sp³-hybridized carbons (Fsp3) is 0.688. The molecule has 28 heavy (non-hydrogen) atoms. The Labute approximate surface area is 166 Å². The summed E-state index contributed by atoms with van der Waals surface area (Å²) in [7, 11) is -5.03. The van der Waals surface area contributed by atoms with Crippen LogP contribution in [-0.4, -0.2) is 51.2 Å². The van der Waals surface area contributed by atoms with Gasteiger partial charge in [-0.05, 0) is 27.7 Å². The molecule has 0 unspecified atom stereocenters. The van der Waals surface area contributed by atoms with Crippen LogP contribution in [0.5, 0.6) is 11.5 Å². The Bertz CT molecular complexity index is 653. The summed E-state index contributed by atoms with van der Waals surface area (Å²) in [5, 5.41) is 2.85. The molecule has 0 saturated heterocycles. The van der Waals surface area contributed by atoms with E-state index in [0.29, 0.717) is 5.75 Å². The summed E-state index contributed by atoms with van der Waals surface area (Å²) in [6, 6.07) is 1.57. The van der Waals surface area contributed by atoms with E-state index in [1.165, 1.54) is 20.4 Å². The molecule has 0 radical (unpaired) electrons. The minimum Gasteiger partial charge on any atom is -0.495 e. The highest BCUT2D eigenvalue weighted by Crippen LogP contribution is 2.70. The van der Waals surface area contributed by atoms with E-state index in [1.807, 2.05) is 0 Å². The Morgan fingerprint density at radius 3 is 1.71 bits per heavy atom. The number of hydrogen-bond donors (Lipinski definition) is 1. The van der Waals surface area contributed by atoms with E-state index in [0.717, 1.165) is 0 Å². The Hall–Kier alpha value is -1.15. The first kappa shape index (κ1) is 24.9. The molecule has 1 heterocycles. The van der Waals surface area contributed by atoms with E-state index in [2.05, 4.69) is 10.3 Å². The van der Waals surface area contributed by atoms with Crippen molar-refractivity contribution in [3.63, 3.8) is 0 Å². The predicted molar refractivity (Wildman–Crippen MR) is 106 cm³/mol. The van der Waals surface area contributed by atoms with Crippen molar-refractivity contribution in [3.05, 3.63) is 12.3 Å². The molecule has 1 aromatic rings. The van der Waals surface area contributed by atoms with E-state index in [-0.39, 0.29) is 38.0 Å². The lowest BCUT2D eigenvalue weighted by molar-refractivity contribution is 0.198. The van der Waals surface area contributed by atoms with Crippen molar-refractivity contribution in [1.29, 1.82) is 0 Å². The van der Waals surface area contributed by atoms with Crippen LogP contribution in [0.2, 0.25) is 0 Å². The first-order valence-corrected chi connectivity index (χ1v) is 12.2. The third-order valence-electron chi connectivity index (χ3n) is 3.38. The minimum atomic E-state index is -3.98. The molecule has 0 amide bonds. The van der Waals surface area contributed by atoms with Gasteiger partial charge in [-0.1, -0.05) is 0 Å². The van der Waals surface area contributed by atoms with Crippen LogP contribution in [0.15, 0.2) is 12.3 Å². The monoisotopic (exact) mass is 440 g/mol. The van der Waals surface area contributed by atoms with Crippen LogP contribution in [0.25, 0.3) is 0 Å². The third-order valence-corrected chi connectivity index (χ3v) is 9.01. The maximum absolute atomic E-state index is 13.5. The maximum Gasteiger partial charge on any atom is 0.365 e. The van der Waals surface area contributed by atoms with Gasteiger partial charge in [0.25, 0.3) is 0 Å². The van der Waals surface area contributed by atoms with Crippen molar-refractivity contribution < 1.29 is 36.7 Å². The van der Waals surface area contributed by atoms with Crippen molar-refractivity contribution in [3.8, 4) is 11.5 Å². The van der Waals surface area contributed by atoms with E-state index in [1.54, 1.807) is 33.8 Å².